The molecule has 2 N–H and O–H groups in total. The molecule has 0 aliphatic rings. The molecule has 2 aromatic carbocycles. The summed E-state index contributed by atoms with van der Waals surface area (Å²) in [6.45, 7) is 6.41. The summed E-state index contributed by atoms with van der Waals surface area (Å²) in [5, 5.41) is 4.79. The number of sulfonamides is 1. The molecule has 5 aromatic rings. The zero-order chi connectivity index (χ0) is 33.4. The topological polar surface area (TPSA) is 155 Å². The van der Waals surface area contributed by atoms with Gasteiger partial charge in [-0.05, 0) is 52.8 Å². The summed E-state index contributed by atoms with van der Waals surface area (Å²) < 4.78 is 47.7. The van der Waals surface area contributed by atoms with Crippen LogP contribution >= 0.6 is 11.3 Å². The Morgan fingerprint density at radius 1 is 0.894 bits per heavy atom. The number of carbonyl (C=O) groups is 1. The summed E-state index contributed by atoms with van der Waals surface area (Å²) in [5.74, 6) is -0.0652. The molecule has 0 spiro atoms. The molecule has 244 valence electrons. The Bertz CT molecular complexity index is 1910. The molecule has 0 unspecified atom stereocenters. The van der Waals surface area contributed by atoms with E-state index in [1.54, 1.807) is 42.5 Å². The highest BCUT2D eigenvalue weighted by Gasteiger charge is 2.26. The molecule has 0 bridgehead atoms. The van der Waals surface area contributed by atoms with E-state index in [9.17, 15) is 13.2 Å². The fraction of sp³-hybridized carbons (Fsp3) is 0.242. The van der Waals surface area contributed by atoms with E-state index < -0.39 is 10.0 Å². The summed E-state index contributed by atoms with van der Waals surface area (Å²) in [5.41, 5.74) is 0.799. The number of nitrogens with zero attached hydrogens (tertiary/aromatic N) is 4. The van der Waals surface area contributed by atoms with E-state index in [-0.39, 0.29) is 64.1 Å². The molecule has 12 nitrogen and oxygen atoms in total. The molecule has 0 aliphatic heterocycles. The van der Waals surface area contributed by atoms with E-state index in [1.165, 1.54) is 43.0 Å². The second-order valence-corrected chi connectivity index (χ2v) is 13.9. The Labute approximate surface area is 277 Å². The summed E-state index contributed by atoms with van der Waals surface area (Å²) in [7, 11) is -2.72. The molecule has 1 amide bonds. The number of methoxy groups -OCH3 is 1. The highest BCUT2D eigenvalue weighted by atomic mass is 32.2. The molecule has 3 heterocycles. The molecule has 0 radical (unpaired) electrons. The van der Waals surface area contributed by atoms with Gasteiger partial charge in [0, 0.05) is 17.3 Å². The van der Waals surface area contributed by atoms with Crippen LogP contribution in [0.15, 0.2) is 89.4 Å². The fourth-order valence-corrected chi connectivity index (χ4v) is 5.91. The number of anilines is 1. The minimum absolute atomic E-state index is 0.00902. The first-order valence-electron chi connectivity index (χ1n) is 14.6. The van der Waals surface area contributed by atoms with E-state index in [1.807, 2.05) is 38.3 Å². The van der Waals surface area contributed by atoms with Gasteiger partial charge in [0.25, 0.3) is 15.9 Å². The number of ether oxygens (including phenoxy) is 3. The van der Waals surface area contributed by atoms with Gasteiger partial charge in [-0.25, -0.2) is 23.4 Å². The summed E-state index contributed by atoms with van der Waals surface area (Å²) in [6, 6.07) is 18.9. The average Bonchev–Trinajstić information content (AvgIpc) is 3.59. The fourth-order valence-electron chi connectivity index (χ4n) is 4.26. The largest absolute Gasteiger partial charge is 0.493 e. The van der Waals surface area contributed by atoms with Crippen molar-refractivity contribution in [2.75, 3.05) is 18.4 Å². The first kappa shape index (κ1) is 33.3. The van der Waals surface area contributed by atoms with E-state index in [0.29, 0.717) is 12.3 Å². The van der Waals surface area contributed by atoms with Crippen molar-refractivity contribution >= 4 is 33.1 Å². The monoisotopic (exact) mass is 674 g/mol. The van der Waals surface area contributed by atoms with E-state index in [4.69, 9.17) is 14.2 Å². The van der Waals surface area contributed by atoms with Crippen LogP contribution in [0.25, 0.3) is 11.6 Å². The molecule has 5 rings (SSSR count). The van der Waals surface area contributed by atoms with E-state index in [0.717, 1.165) is 10.4 Å². The lowest BCUT2D eigenvalue weighted by Crippen LogP contribution is -2.24. The summed E-state index contributed by atoms with van der Waals surface area (Å²) in [6.07, 6.45) is 3.00. The number of rotatable bonds is 13. The number of benzene rings is 2. The van der Waals surface area contributed by atoms with Gasteiger partial charge < -0.3 is 19.5 Å². The normalized spacial score (nSPS) is 11.5. The van der Waals surface area contributed by atoms with Crippen LogP contribution in [-0.4, -0.2) is 48.0 Å². The molecule has 47 heavy (non-hydrogen) atoms. The zero-order valence-electron chi connectivity index (χ0n) is 26.3. The lowest BCUT2D eigenvalue weighted by atomic mass is 9.87. The Morgan fingerprint density at radius 2 is 1.62 bits per heavy atom. The van der Waals surface area contributed by atoms with Gasteiger partial charge in [-0.15, -0.1) is 11.3 Å². The summed E-state index contributed by atoms with van der Waals surface area (Å²) >= 11 is 1.54. The maximum absolute atomic E-state index is 13.7. The maximum Gasteiger partial charge on any atom is 0.263 e. The van der Waals surface area contributed by atoms with Crippen LogP contribution in [0.3, 0.4) is 0 Å². The van der Waals surface area contributed by atoms with Crippen LogP contribution < -0.4 is 24.2 Å². The number of thiophene rings is 1. The average molecular weight is 675 g/mol. The Kier molecular flexibility index (Phi) is 10.3. The van der Waals surface area contributed by atoms with Crippen LogP contribution in [0, 0.1) is 0 Å². The lowest BCUT2D eigenvalue weighted by molar-refractivity contribution is -0.121. The van der Waals surface area contributed by atoms with Crippen LogP contribution in [-0.2, 0) is 26.8 Å². The Morgan fingerprint density at radius 3 is 2.28 bits per heavy atom. The number of amides is 1. The standard InChI is InChI=1S/C33H34N6O6S2/c1-33(2,3)22-12-14-24(15-13-22)47(41,42)39-29-28(45-26-11-6-5-10-25(26)43-4)32(38-31(37-29)30-34-17-8-18-35-30)44-19-16-27(40)36-21-23-9-7-20-46-23/h5-15,17-18,20H,16,19,21H2,1-4H3,(H,36,40)(H,37,38,39). The molecule has 3 aromatic heterocycles. The van der Waals surface area contributed by atoms with Gasteiger partial charge in [0.1, 0.15) is 0 Å². The zero-order valence-corrected chi connectivity index (χ0v) is 27.9. The highest BCUT2D eigenvalue weighted by Crippen LogP contribution is 2.41. The van der Waals surface area contributed by atoms with Crippen molar-refractivity contribution in [3.8, 4) is 34.8 Å². The second kappa shape index (κ2) is 14.6. The van der Waals surface area contributed by atoms with Gasteiger partial charge in [-0.3, -0.25) is 9.52 Å². The number of aromatic nitrogens is 4. The number of hydrogen-bond acceptors (Lipinski definition) is 11. The van der Waals surface area contributed by atoms with Crippen molar-refractivity contribution in [3.63, 3.8) is 0 Å². The van der Waals surface area contributed by atoms with Crippen molar-refractivity contribution in [3.05, 3.63) is 94.9 Å². The van der Waals surface area contributed by atoms with Crippen molar-refractivity contribution in [1.29, 1.82) is 0 Å². The first-order chi connectivity index (χ1) is 22.5. The molecular formula is C33H34N6O6S2. The van der Waals surface area contributed by atoms with Crippen molar-refractivity contribution in [2.24, 2.45) is 0 Å². The van der Waals surface area contributed by atoms with Crippen LogP contribution in [0.1, 0.15) is 37.6 Å². The Balaban J connectivity index is 1.52. The van der Waals surface area contributed by atoms with Crippen molar-refractivity contribution in [2.45, 2.75) is 44.0 Å². The molecule has 0 atom stereocenters. The molecule has 0 saturated carbocycles. The predicted octanol–water partition coefficient (Wildman–Crippen LogP) is 5.98. The number of carbonyl (C=O) groups excluding carboxylic acids is 1. The third-order valence-electron chi connectivity index (χ3n) is 6.75. The van der Waals surface area contributed by atoms with Crippen LogP contribution in [0.2, 0.25) is 0 Å². The molecule has 0 fully saturated rings. The third-order valence-corrected chi connectivity index (χ3v) is 8.98. The predicted molar refractivity (Wildman–Crippen MR) is 178 cm³/mol. The SMILES string of the molecule is COc1ccccc1Oc1c(NS(=O)(=O)c2ccc(C(C)(C)C)cc2)nc(-c2ncccn2)nc1OCCC(=O)NCc1cccs1. The third kappa shape index (κ3) is 8.60. The van der Waals surface area contributed by atoms with Crippen molar-refractivity contribution in [1.82, 2.24) is 25.3 Å². The van der Waals surface area contributed by atoms with Gasteiger partial charge in [0.15, 0.2) is 23.1 Å². The van der Waals surface area contributed by atoms with Gasteiger partial charge >= 0.3 is 0 Å². The number of nitrogens with one attached hydrogen (secondary N) is 2. The maximum atomic E-state index is 13.7. The number of hydrogen-bond donors (Lipinski definition) is 2. The Hall–Kier alpha value is -5.08. The van der Waals surface area contributed by atoms with E-state index in [2.05, 4.69) is 30.0 Å². The van der Waals surface area contributed by atoms with Crippen molar-refractivity contribution < 1.29 is 27.4 Å². The summed E-state index contributed by atoms with van der Waals surface area (Å²) in [4.78, 5) is 31.0. The molecule has 0 aliphatic carbocycles. The van der Waals surface area contributed by atoms with Crippen LogP contribution in [0.4, 0.5) is 5.82 Å². The van der Waals surface area contributed by atoms with Crippen LogP contribution in [0.5, 0.6) is 23.1 Å². The minimum Gasteiger partial charge on any atom is -0.493 e. The lowest BCUT2D eigenvalue weighted by Gasteiger charge is -2.20. The van der Waals surface area contributed by atoms with Gasteiger partial charge in [-0.1, -0.05) is 51.1 Å². The second-order valence-electron chi connectivity index (χ2n) is 11.2. The molecular weight excluding hydrogens is 641 g/mol. The van der Waals surface area contributed by atoms with Gasteiger partial charge in [-0.2, -0.15) is 4.98 Å². The highest BCUT2D eigenvalue weighted by molar-refractivity contribution is 7.92. The number of para-hydroxylation sites is 2. The molecule has 0 saturated heterocycles. The van der Waals surface area contributed by atoms with Gasteiger partial charge in [0.2, 0.25) is 17.5 Å². The minimum atomic E-state index is -4.20. The van der Waals surface area contributed by atoms with Gasteiger partial charge in [0.05, 0.1) is 31.6 Å². The van der Waals surface area contributed by atoms with E-state index >= 15 is 0 Å². The quantitative estimate of drug-likeness (QED) is 0.152. The first-order valence-corrected chi connectivity index (χ1v) is 17.0. The molecule has 14 heteroatoms. The smallest absolute Gasteiger partial charge is 0.263 e.